The number of aromatic nitrogens is 3. The predicted molar refractivity (Wildman–Crippen MR) is 142 cm³/mol. The summed E-state index contributed by atoms with van der Waals surface area (Å²) in [4.78, 5) is 19.4. The van der Waals surface area contributed by atoms with Crippen LogP contribution in [0.2, 0.25) is 0 Å². The molecule has 3 aromatic heterocycles. The Hall–Kier alpha value is -3.64. The summed E-state index contributed by atoms with van der Waals surface area (Å²) >= 11 is 1.50. The molecule has 4 heterocycles. The van der Waals surface area contributed by atoms with Crippen molar-refractivity contribution >= 4 is 43.8 Å². The highest BCUT2D eigenvalue weighted by Gasteiger charge is 2.32. The van der Waals surface area contributed by atoms with Crippen LogP contribution in [0.4, 0.5) is 5.69 Å². The largest absolute Gasteiger partial charge is 0.493 e. The summed E-state index contributed by atoms with van der Waals surface area (Å²) in [6.07, 6.45) is 0.455. The summed E-state index contributed by atoms with van der Waals surface area (Å²) < 4.78 is 42.2. The molecule has 4 aromatic rings. The quantitative estimate of drug-likeness (QED) is 0.370. The van der Waals surface area contributed by atoms with Crippen molar-refractivity contribution in [1.29, 1.82) is 0 Å². The molecule has 10 nitrogen and oxygen atoms in total. The monoisotopic (exact) mass is 542 g/mol. The third kappa shape index (κ3) is 4.62. The van der Waals surface area contributed by atoms with E-state index >= 15 is 0 Å². The number of fused-ring (bicyclic) bond motifs is 1. The van der Waals surface area contributed by atoms with Gasteiger partial charge >= 0.3 is 0 Å². The number of nitrogens with one attached hydrogen (secondary N) is 1. The van der Waals surface area contributed by atoms with Crippen LogP contribution in [0.5, 0.6) is 17.2 Å². The number of carbonyl (C=O) groups excluding carboxylic acids is 1. The minimum absolute atomic E-state index is 0.00109. The number of hydrogen-bond donors (Lipinski definition) is 1. The molecule has 0 spiro atoms. The lowest BCUT2D eigenvalue weighted by molar-refractivity contribution is 0.102. The predicted octanol–water partition coefficient (Wildman–Crippen LogP) is 4.11. The number of anilines is 1. The van der Waals surface area contributed by atoms with Gasteiger partial charge in [-0.25, -0.2) is 18.1 Å². The Morgan fingerprint density at radius 3 is 2.43 bits per heavy atom. The van der Waals surface area contributed by atoms with Crippen LogP contribution >= 0.6 is 11.3 Å². The number of amides is 1. The van der Waals surface area contributed by atoms with Crippen LogP contribution < -0.4 is 19.5 Å². The lowest BCUT2D eigenvalue weighted by atomic mass is 10.1. The third-order valence-electron chi connectivity index (χ3n) is 6.33. The second-order valence-electron chi connectivity index (χ2n) is 8.69. The van der Waals surface area contributed by atoms with Crippen molar-refractivity contribution in [3.8, 4) is 27.8 Å². The molecule has 0 bridgehead atoms. The first-order chi connectivity index (χ1) is 17.7. The van der Waals surface area contributed by atoms with Crippen LogP contribution in [0.25, 0.3) is 21.6 Å². The van der Waals surface area contributed by atoms with E-state index in [4.69, 9.17) is 19.2 Å². The molecule has 1 aliphatic heterocycles. The molecule has 5 rings (SSSR count). The van der Waals surface area contributed by atoms with Gasteiger partial charge in [-0.1, -0.05) is 6.07 Å². The third-order valence-corrected chi connectivity index (χ3v) is 8.97. The fourth-order valence-electron chi connectivity index (χ4n) is 4.62. The highest BCUT2D eigenvalue weighted by molar-refractivity contribution is 7.91. The van der Waals surface area contributed by atoms with Gasteiger partial charge in [0.1, 0.15) is 0 Å². The van der Waals surface area contributed by atoms with Gasteiger partial charge in [0.2, 0.25) is 5.75 Å². The van der Waals surface area contributed by atoms with Crippen molar-refractivity contribution in [2.45, 2.75) is 19.4 Å². The number of aryl methyl sites for hydroxylation is 1. The van der Waals surface area contributed by atoms with E-state index < -0.39 is 9.84 Å². The molecule has 0 radical (unpaired) electrons. The molecule has 1 N–H and O–H groups in total. The van der Waals surface area contributed by atoms with Crippen LogP contribution in [-0.4, -0.2) is 61.9 Å². The zero-order valence-electron chi connectivity index (χ0n) is 20.8. The molecule has 1 fully saturated rings. The zero-order chi connectivity index (χ0) is 26.3. The average molecular weight is 543 g/mol. The van der Waals surface area contributed by atoms with Gasteiger partial charge in [0.05, 0.1) is 66.1 Å². The summed E-state index contributed by atoms with van der Waals surface area (Å²) in [5.74, 6) is 0.961. The first-order valence-corrected chi connectivity index (χ1v) is 14.2. The van der Waals surface area contributed by atoms with Gasteiger partial charge in [-0.05, 0) is 30.9 Å². The first kappa shape index (κ1) is 25.0. The Kier molecular flexibility index (Phi) is 6.54. The maximum Gasteiger partial charge on any atom is 0.256 e. The van der Waals surface area contributed by atoms with Gasteiger partial charge < -0.3 is 19.5 Å². The lowest BCUT2D eigenvalue weighted by Crippen LogP contribution is -2.15. The molecule has 1 atom stereocenters. The van der Waals surface area contributed by atoms with E-state index in [1.807, 2.05) is 17.5 Å². The van der Waals surface area contributed by atoms with Crippen molar-refractivity contribution < 1.29 is 27.4 Å². The summed E-state index contributed by atoms with van der Waals surface area (Å²) in [6, 6.07) is 8.54. The Balaban J connectivity index is 1.63. The molecule has 1 amide bonds. The van der Waals surface area contributed by atoms with Crippen molar-refractivity contribution in [3.05, 3.63) is 47.0 Å². The molecular weight excluding hydrogens is 516 g/mol. The van der Waals surface area contributed by atoms with Crippen LogP contribution in [0.1, 0.15) is 28.5 Å². The Labute approximate surface area is 218 Å². The summed E-state index contributed by atoms with van der Waals surface area (Å²) in [7, 11) is 1.37. The van der Waals surface area contributed by atoms with Crippen molar-refractivity contribution in [1.82, 2.24) is 14.8 Å². The Morgan fingerprint density at radius 1 is 1.14 bits per heavy atom. The number of carbonyl (C=O) groups is 1. The SMILES string of the molecule is COc1cc(NC(=O)c2cc(-c3cccs3)nc3c2c(C)nn3C2CCS(=O)(=O)C2)cc(OC)c1OC. The minimum Gasteiger partial charge on any atom is -0.493 e. The number of nitrogens with zero attached hydrogens (tertiary/aromatic N) is 3. The number of pyridine rings is 1. The van der Waals surface area contributed by atoms with E-state index in [0.29, 0.717) is 57.3 Å². The fourth-order valence-corrected chi connectivity index (χ4v) is 7.00. The molecule has 194 valence electrons. The van der Waals surface area contributed by atoms with Gasteiger partial charge in [0.15, 0.2) is 27.0 Å². The van der Waals surface area contributed by atoms with E-state index in [2.05, 4.69) is 10.4 Å². The summed E-state index contributed by atoms with van der Waals surface area (Å²) in [5.41, 5.74) is 2.53. The normalized spacial score (nSPS) is 16.6. The van der Waals surface area contributed by atoms with E-state index in [1.165, 1.54) is 32.7 Å². The lowest BCUT2D eigenvalue weighted by Gasteiger charge is -2.15. The highest BCUT2D eigenvalue weighted by atomic mass is 32.2. The van der Waals surface area contributed by atoms with Crippen LogP contribution in [0, 0.1) is 6.92 Å². The molecular formula is C25H26N4O6S2. The van der Waals surface area contributed by atoms with E-state index in [9.17, 15) is 13.2 Å². The molecule has 1 saturated heterocycles. The summed E-state index contributed by atoms with van der Waals surface area (Å²) in [5, 5.41) is 10.1. The number of methoxy groups -OCH3 is 3. The molecule has 12 heteroatoms. The maximum absolute atomic E-state index is 13.7. The number of ether oxygens (including phenoxy) is 3. The zero-order valence-corrected chi connectivity index (χ0v) is 22.4. The van der Waals surface area contributed by atoms with Crippen molar-refractivity contribution in [2.24, 2.45) is 0 Å². The Bertz CT molecular complexity index is 1570. The van der Waals surface area contributed by atoms with Gasteiger partial charge in [-0.2, -0.15) is 5.10 Å². The van der Waals surface area contributed by atoms with E-state index in [1.54, 1.807) is 29.8 Å². The maximum atomic E-state index is 13.7. The Morgan fingerprint density at radius 2 is 1.86 bits per heavy atom. The van der Waals surface area contributed by atoms with Crippen molar-refractivity contribution in [3.63, 3.8) is 0 Å². The summed E-state index contributed by atoms with van der Waals surface area (Å²) in [6.45, 7) is 1.80. The molecule has 1 aromatic carbocycles. The highest BCUT2D eigenvalue weighted by Crippen LogP contribution is 2.40. The fraction of sp³-hybridized carbons (Fsp3) is 0.320. The standard InChI is InChI=1S/C25H26N4O6S2/c1-14-22-17(25(30)26-15-10-19(33-2)23(35-4)20(11-15)34-3)12-18(21-6-5-8-36-21)27-24(22)29(28-14)16-7-9-37(31,32)13-16/h5-6,8,10-12,16H,7,9,13H2,1-4H3,(H,26,30). The second-order valence-corrected chi connectivity index (χ2v) is 11.9. The number of thiophene rings is 1. The van der Waals surface area contributed by atoms with Gasteiger partial charge in [0, 0.05) is 17.8 Å². The van der Waals surface area contributed by atoms with Crippen LogP contribution in [-0.2, 0) is 9.84 Å². The second kappa shape index (κ2) is 9.67. The molecule has 0 aliphatic carbocycles. The smallest absolute Gasteiger partial charge is 0.256 e. The van der Waals surface area contributed by atoms with Gasteiger partial charge in [-0.15, -0.1) is 11.3 Å². The topological polar surface area (TPSA) is 122 Å². The van der Waals surface area contributed by atoms with E-state index in [0.717, 1.165) is 4.88 Å². The van der Waals surface area contributed by atoms with E-state index in [-0.39, 0.29) is 23.5 Å². The molecule has 1 aliphatic rings. The van der Waals surface area contributed by atoms with Crippen LogP contribution in [0.3, 0.4) is 0 Å². The van der Waals surface area contributed by atoms with Gasteiger partial charge in [-0.3, -0.25) is 4.79 Å². The molecule has 1 unspecified atom stereocenters. The number of sulfone groups is 1. The number of rotatable bonds is 7. The van der Waals surface area contributed by atoms with Crippen molar-refractivity contribution in [2.75, 3.05) is 38.2 Å². The molecule has 37 heavy (non-hydrogen) atoms. The first-order valence-electron chi connectivity index (χ1n) is 11.5. The minimum atomic E-state index is -3.14. The van der Waals surface area contributed by atoms with Gasteiger partial charge in [0.25, 0.3) is 5.91 Å². The number of hydrogen-bond acceptors (Lipinski definition) is 9. The molecule has 0 saturated carbocycles. The van der Waals surface area contributed by atoms with Crippen LogP contribution in [0.15, 0.2) is 35.7 Å². The average Bonchev–Trinajstić information content (AvgIpc) is 3.62. The number of benzene rings is 1.